The highest BCUT2D eigenvalue weighted by Crippen LogP contribution is 2.41. The van der Waals surface area contributed by atoms with Crippen molar-refractivity contribution in [3.8, 4) is 11.4 Å². The van der Waals surface area contributed by atoms with E-state index in [1.54, 1.807) is 24.7 Å². The van der Waals surface area contributed by atoms with Crippen molar-refractivity contribution < 1.29 is 18.0 Å². The first kappa shape index (κ1) is 22.2. The van der Waals surface area contributed by atoms with E-state index in [0.29, 0.717) is 29.3 Å². The fourth-order valence-corrected chi connectivity index (χ4v) is 4.98. The summed E-state index contributed by atoms with van der Waals surface area (Å²) < 4.78 is 38.5. The molecule has 0 saturated carbocycles. The van der Waals surface area contributed by atoms with Crippen LogP contribution in [-0.4, -0.2) is 48.9 Å². The van der Waals surface area contributed by atoms with Gasteiger partial charge in [0.2, 0.25) is 0 Å². The predicted octanol–water partition coefficient (Wildman–Crippen LogP) is 4.43. The van der Waals surface area contributed by atoms with E-state index in [2.05, 4.69) is 25.3 Å². The first-order chi connectivity index (χ1) is 16.2. The molecule has 0 radical (unpaired) electrons. The molecule has 2 aliphatic heterocycles. The monoisotopic (exact) mass is 468 g/mol. The Hall–Kier alpha value is -3.56. The molecular formula is C24H23F3N6O. The lowest BCUT2D eigenvalue weighted by Gasteiger charge is -2.26. The number of amides is 1. The Balaban J connectivity index is 1.41. The van der Waals surface area contributed by atoms with Gasteiger partial charge in [-0.15, -0.1) is 0 Å². The second kappa shape index (κ2) is 8.34. The van der Waals surface area contributed by atoms with Crippen LogP contribution in [0.25, 0.3) is 11.4 Å². The number of aryl methyl sites for hydroxylation is 1. The number of hydrogen-bond acceptors (Lipinski definition) is 6. The van der Waals surface area contributed by atoms with Gasteiger partial charge in [-0.25, -0.2) is 15.0 Å². The summed E-state index contributed by atoms with van der Waals surface area (Å²) in [6, 6.07) is 3.88. The van der Waals surface area contributed by atoms with Gasteiger partial charge >= 0.3 is 6.18 Å². The number of carbonyl (C=O) groups is 1. The summed E-state index contributed by atoms with van der Waals surface area (Å²) in [5.41, 5.74) is 2.00. The molecule has 3 aromatic heterocycles. The molecule has 1 N–H and O–H groups in total. The molecule has 10 heteroatoms. The van der Waals surface area contributed by atoms with Gasteiger partial charge in [0.1, 0.15) is 11.5 Å². The number of halogens is 3. The maximum Gasteiger partial charge on any atom is 0.417 e. The Morgan fingerprint density at radius 1 is 1.06 bits per heavy atom. The highest BCUT2D eigenvalue weighted by atomic mass is 19.4. The van der Waals surface area contributed by atoms with Crippen LogP contribution in [0.4, 0.5) is 19.0 Å². The average molecular weight is 468 g/mol. The number of alkyl halides is 3. The van der Waals surface area contributed by atoms with E-state index in [-0.39, 0.29) is 24.0 Å². The van der Waals surface area contributed by atoms with Crippen molar-refractivity contribution in [2.75, 3.05) is 5.32 Å². The van der Waals surface area contributed by atoms with Crippen LogP contribution in [0.15, 0.2) is 43.0 Å². The number of hydrogen-bond donors (Lipinski definition) is 1. The predicted molar refractivity (Wildman–Crippen MR) is 119 cm³/mol. The largest absolute Gasteiger partial charge is 0.417 e. The molecule has 3 unspecified atom stereocenters. The Kier molecular flexibility index (Phi) is 5.45. The van der Waals surface area contributed by atoms with Crippen LogP contribution in [0.3, 0.4) is 0 Å². The number of fused-ring (bicyclic) bond motifs is 2. The Morgan fingerprint density at radius 2 is 1.82 bits per heavy atom. The molecule has 2 fully saturated rings. The SMILES string of the molecule is Cc1cnc(C(=O)N2C3CCC2C(Nc2ccc(C(F)(F)F)cn2)C3)c(-c2ncccn2)c1C. The van der Waals surface area contributed by atoms with E-state index < -0.39 is 11.7 Å². The van der Waals surface area contributed by atoms with Gasteiger partial charge < -0.3 is 10.2 Å². The fourth-order valence-electron chi connectivity index (χ4n) is 4.98. The maximum absolute atomic E-state index is 13.8. The van der Waals surface area contributed by atoms with Gasteiger partial charge in [-0.2, -0.15) is 13.2 Å². The number of nitrogens with zero attached hydrogens (tertiary/aromatic N) is 5. The molecular weight excluding hydrogens is 445 g/mol. The van der Waals surface area contributed by atoms with Crippen LogP contribution in [-0.2, 0) is 6.18 Å². The van der Waals surface area contributed by atoms with Gasteiger partial charge in [0.05, 0.1) is 17.2 Å². The molecule has 3 aromatic rings. The van der Waals surface area contributed by atoms with Crippen LogP contribution in [0.5, 0.6) is 0 Å². The van der Waals surface area contributed by atoms with Gasteiger partial charge in [-0.05, 0) is 62.4 Å². The van der Waals surface area contributed by atoms with E-state index in [9.17, 15) is 18.0 Å². The third-order valence-electron chi connectivity index (χ3n) is 6.78. The number of aromatic nitrogens is 4. The Bertz CT molecular complexity index is 1220. The molecule has 3 atom stereocenters. The van der Waals surface area contributed by atoms with Crippen molar-refractivity contribution in [1.82, 2.24) is 24.8 Å². The average Bonchev–Trinajstić information content (AvgIpc) is 3.38. The smallest absolute Gasteiger partial charge is 0.365 e. The molecule has 5 rings (SSSR count). The van der Waals surface area contributed by atoms with Crippen LogP contribution in [0.2, 0.25) is 0 Å². The lowest BCUT2D eigenvalue weighted by Crippen LogP contribution is -2.40. The molecule has 34 heavy (non-hydrogen) atoms. The molecule has 0 spiro atoms. The Morgan fingerprint density at radius 3 is 2.50 bits per heavy atom. The zero-order valence-electron chi connectivity index (χ0n) is 18.7. The number of carbonyl (C=O) groups excluding carboxylic acids is 1. The summed E-state index contributed by atoms with van der Waals surface area (Å²) in [4.78, 5) is 32.7. The zero-order chi connectivity index (χ0) is 24.0. The van der Waals surface area contributed by atoms with E-state index >= 15 is 0 Å². The minimum atomic E-state index is -4.43. The number of nitrogens with one attached hydrogen (secondary N) is 1. The fraction of sp³-hybridized carbons (Fsp3) is 0.375. The van der Waals surface area contributed by atoms with Gasteiger partial charge in [-0.1, -0.05) is 0 Å². The summed E-state index contributed by atoms with van der Waals surface area (Å²) in [5, 5.41) is 3.24. The molecule has 0 aromatic carbocycles. The first-order valence-electron chi connectivity index (χ1n) is 11.1. The van der Waals surface area contributed by atoms with Gasteiger partial charge in [0.15, 0.2) is 5.82 Å². The number of pyridine rings is 2. The first-order valence-corrected chi connectivity index (χ1v) is 11.1. The van der Waals surface area contributed by atoms with Crippen molar-refractivity contribution in [2.45, 2.75) is 57.4 Å². The lowest BCUT2D eigenvalue weighted by atomic mass is 9.95. The second-order valence-corrected chi connectivity index (χ2v) is 8.79. The highest BCUT2D eigenvalue weighted by molar-refractivity contribution is 5.99. The summed E-state index contributed by atoms with van der Waals surface area (Å²) in [6.07, 6.45) is 3.72. The number of anilines is 1. The zero-order valence-corrected chi connectivity index (χ0v) is 18.7. The van der Waals surface area contributed by atoms with E-state index in [0.717, 1.165) is 36.2 Å². The lowest BCUT2D eigenvalue weighted by molar-refractivity contribution is -0.137. The molecule has 2 bridgehead atoms. The normalized spacial score (nSPS) is 21.7. The van der Waals surface area contributed by atoms with Crippen molar-refractivity contribution >= 4 is 11.7 Å². The molecule has 5 heterocycles. The van der Waals surface area contributed by atoms with Gasteiger partial charge in [-0.3, -0.25) is 9.78 Å². The van der Waals surface area contributed by atoms with Crippen LogP contribution < -0.4 is 5.32 Å². The summed E-state index contributed by atoms with van der Waals surface area (Å²) in [7, 11) is 0. The third-order valence-corrected chi connectivity index (χ3v) is 6.78. The van der Waals surface area contributed by atoms with E-state index in [1.807, 2.05) is 18.7 Å². The standard InChI is InChI=1S/C24H23F3N6O/c1-13-11-31-21(20(14(13)2)22-28-8-3-9-29-22)23(34)33-16-5-6-18(33)17(10-16)32-19-7-4-15(12-30-19)24(25,26)27/h3-4,7-9,11-12,16-18H,5-6,10H2,1-2H3,(H,30,32). The summed E-state index contributed by atoms with van der Waals surface area (Å²) in [6.45, 7) is 3.86. The van der Waals surface area contributed by atoms with Gasteiger partial charge in [0, 0.05) is 36.9 Å². The molecule has 1 amide bonds. The van der Waals surface area contributed by atoms with Crippen molar-refractivity contribution in [2.24, 2.45) is 0 Å². The second-order valence-electron chi connectivity index (χ2n) is 8.79. The minimum Gasteiger partial charge on any atom is -0.365 e. The summed E-state index contributed by atoms with van der Waals surface area (Å²) in [5.74, 6) is 0.637. The molecule has 2 saturated heterocycles. The van der Waals surface area contributed by atoms with Crippen molar-refractivity contribution in [1.29, 1.82) is 0 Å². The molecule has 2 aliphatic rings. The van der Waals surface area contributed by atoms with Crippen LogP contribution in [0.1, 0.15) is 46.4 Å². The van der Waals surface area contributed by atoms with Crippen LogP contribution >= 0.6 is 0 Å². The van der Waals surface area contributed by atoms with E-state index in [1.165, 1.54) is 6.07 Å². The molecule has 176 valence electrons. The van der Waals surface area contributed by atoms with Gasteiger partial charge in [0.25, 0.3) is 5.91 Å². The van der Waals surface area contributed by atoms with Crippen LogP contribution in [0, 0.1) is 13.8 Å². The number of rotatable bonds is 4. The highest BCUT2D eigenvalue weighted by Gasteiger charge is 2.49. The minimum absolute atomic E-state index is 0.0254. The molecule has 7 nitrogen and oxygen atoms in total. The summed E-state index contributed by atoms with van der Waals surface area (Å²) >= 11 is 0. The van der Waals surface area contributed by atoms with Crippen molar-refractivity contribution in [3.05, 3.63) is 65.4 Å². The third kappa shape index (κ3) is 3.86. The molecule has 0 aliphatic carbocycles. The topological polar surface area (TPSA) is 83.9 Å². The Labute approximate surface area is 194 Å². The van der Waals surface area contributed by atoms with Crippen molar-refractivity contribution in [3.63, 3.8) is 0 Å². The quantitative estimate of drug-likeness (QED) is 0.610. The maximum atomic E-state index is 13.8. The van der Waals surface area contributed by atoms with E-state index in [4.69, 9.17) is 0 Å².